The van der Waals surface area contributed by atoms with E-state index in [1.54, 1.807) is 12.1 Å². The molecule has 130 valence electrons. The standard InChI is InChI=1S/C23H20O3/c1-2-17-10-14-21(15-11-17)26-22(23(24)25)16-18-8-12-20(13-9-18)19-6-4-3-5-7-19/h3-16H,2H2,1H3,(H,24,25). The van der Waals surface area contributed by atoms with E-state index in [1.807, 2.05) is 66.7 Å². The van der Waals surface area contributed by atoms with Crippen LogP contribution in [0, 0.1) is 0 Å². The summed E-state index contributed by atoms with van der Waals surface area (Å²) in [5, 5.41) is 9.44. The smallest absolute Gasteiger partial charge is 0.371 e. The van der Waals surface area contributed by atoms with Gasteiger partial charge in [0.05, 0.1) is 0 Å². The SMILES string of the molecule is CCc1ccc(OC(=Cc2ccc(-c3ccccc3)cc2)C(=O)O)cc1. The molecule has 0 saturated heterocycles. The van der Waals surface area contributed by atoms with Crippen molar-refractivity contribution in [2.75, 3.05) is 0 Å². The van der Waals surface area contributed by atoms with Crippen LogP contribution in [-0.4, -0.2) is 11.1 Å². The zero-order valence-electron chi connectivity index (χ0n) is 14.6. The van der Waals surface area contributed by atoms with Gasteiger partial charge in [-0.25, -0.2) is 4.79 Å². The molecule has 0 aliphatic rings. The van der Waals surface area contributed by atoms with Gasteiger partial charge < -0.3 is 9.84 Å². The molecule has 3 rings (SSSR count). The van der Waals surface area contributed by atoms with E-state index in [-0.39, 0.29) is 5.76 Å². The number of ether oxygens (including phenoxy) is 1. The molecule has 0 atom stereocenters. The molecular formula is C23H20O3. The van der Waals surface area contributed by atoms with Crippen LogP contribution in [0.25, 0.3) is 17.2 Å². The van der Waals surface area contributed by atoms with Gasteiger partial charge in [0.15, 0.2) is 0 Å². The molecule has 0 saturated carbocycles. The van der Waals surface area contributed by atoms with Gasteiger partial charge in [0.2, 0.25) is 5.76 Å². The van der Waals surface area contributed by atoms with Crippen molar-refractivity contribution >= 4 is 12.0 Å². The molecule has 3 aromatic rings. The van der Waals surface area contributed by atoms with Gasteiger partial charge in [-0.15, -0.1) is 0 Å². The number of carbonyl (C=O) groups is 1. The van der Waals surface area contributed by atoms with E-state index in [1.165, 1.54) is 11.6 Å². The second-order valence-corrected chi connectivity index (χ2v) is 5.90. The van der Waals surface area contributed by atoms with Crippen LogP contribution in [-0.2, 0) is 11.2 Å². The van der Waals surface area contributed by atoms with Crippen LogP contribution in [0.2, 0.25) is 0 Å². The summed E-state index contributed by atoms with van der Waals surface area (Å²) in [6.45, 7) is 2.07. The highest BCUT2D eigenvalue weighted by molar-refractivity contribution is 5.90. The van der Waals surface area contributed by atoms with Crippen molar-refractivity contribution < 1.29 is 14.6 Å². The number of aliphatic carboxylic acids is 1. The van der Waals surface area contributed by atoms with E-state index in [0.29, 0.717) is 5.75 Å². The number of carboxylic acid groups (broad SMARTS) is 1. The first-order valence-corrected chi connectivity index (χ1v) is 8.53. The minimum Gasteiger partial charge on any atom is -0.475 e. The largest absolute Gasteiger partial charge is 0.475 e. The Labute approximate surface area is 153 Å². The second kappa shape index (κ2) is 8.17. The van der Waals surface area contributed by atoms with Gasteiger partial charge in [0, 0.05) is 0 Å². The Balaban J connectivity index is 1.81. The lowest BCUT2D eigenvalue weighted by Gasteiger charge is -2.08. The number of benzene rings is 3. The average molecular weight is 344 g/mol. The third-order valence-corrected chi connectivity index (χ3v) is 4.09. The molecule has 0 radical (unpaired) electrons. The molecule has 0 aromatic heterocycles. The molecule has 26 heavy (non-hydrogen) atoms. The summed E-state index contributed by atoms with van der Waals surface area (Å²) in [4.78, 5) is 11.5. The maximum absolute atomic E-state index is 11.5. The predicted octanol–water partition coefficient (Wildman–Crippen LogP) is 5.42. The zero-order chi connectivity index (χ0) is 18.4. The molecule has 0 aliphatic carbocycles. The molecule has 3 aromatic carbocycles. The summed E-state index contributed by atoms with van der Waals surface area (Å²) < 4.78 is 5.56. The van der Waals surface area contributed by atoms with E-state index in [0.717, 1.165) is 23.1 Å². The molecule has 1 N–H and O–H groups in total. The summed E-state index contributed by atoms with van der Waals surface area (Å²) >= 11 is 0. The highest BCUT2D eigenvalue weighted by Gasteiger charge is 2.10. The van der Waals surface area contributed by atoms with Crippen LogP contribution in [0.3, 0.4) is 0 Å². The predicted molar refractivity (Wildman–Crippen MR) is 104 cm³/mol. The highest BCUT2D eigenvalue weighted by Crippen LogP contribution is 2.21. The lowest BCUT2D eigenvalue weighted by molar-refractivity contribution is -0.134. The fourth-order valence-corrected chi connectivity index (χ4v) is 2.61. The summed E-state index contributed by atoms with van der Waals surface area (Å²) in [6.07, 6.45) is 2.46. The third kappa shape index (κ3) is 4.39. The van der Waals surface area contributed by atoms with E-state index in [9.17, 15) is 9.90 Å². The first-order chi connectivity index (χ1) is 12.7. The monoisotopic (exact) mass is 344 g/mol. The quantitative estimate of drug-likeness (QED) is 0.480. The third-order valence-electron chi connectivity index (χ3n) is 4.09. The molecule has 0 heterocycles. The fraction of sp³-hybridized carbons (Fsp3) is 0.0870. The molecule has 3 heteroatoms. The van der Waals surface area contributed by atoms with Gasteiger partial charge in [-0.1, -0.05) is 73.7 Å². The van der Waals surface area contributed by atoms with Crippen LogP contribution in [0.4, 0.5) is 0 Å². The van der Waals surface area contributed by atoms with Crippen molar-refractivity contribution in [1.82, 2.24) is 0 Å². The molecule has 0 spiro atoms. The molecule has 0 amide bonds. The average Bonchev–Trinajstić information content (AvgIpc) is 2.69. The van der Waals surface area contributed by atoms with Gasteiger partial charge in [0.25, 0.3) is 0 Å². The maximum Gasteiger partial charge on any atom is 0.371 e. The highest BCUT2D eigenvalue weighted by atomic mass is 16.5. The van der Waals surface area contributed by atoms with Crippen LogP contribution in [0.1, 0.15) is 18.1 Å². The van der Waals surface area contributed by atoms with Gasteiger partial charge in [-0.2, -0.15) is 0 Å². The van der Waals surface area contributed by atoms with Gasteiger partial charge in [-0.3, -0.25) is 0 Å². The van der Waals surface area contributed by atoms with Gasteiger partial charge >= 0.3 is 5.97 Å². The summed E-state index contributed by atoms with van der Waals surface area (Å²) in [6, 6.07) is 25.2. The Hall–Kier alpha value is -3.33. The normalized spacial score (nSPS) is 11.2. The van der Waals surface area contributed by atoms with Crippen molar-refractivity contribution in [3.8, 4) is 16.9 Å². The van der Waals surface area contributed by atoms with Crippen LogP contribution in [0.15, 0.2) is 84.6 Å². The Morgan fingerprint density at radius 2 is 1.50 bits per heavy atom. The molecule has 0 unspecified atom stereocenters. The summed E-state index contributed by atoms with van der Waals surface area (Å²) in [7, 11) is 0. The van der Waals surface area contributed by atoms with E-state index in [4.69, 9.17) is 4.74 Å². The maximum atomic E-state index is 11.5. The minimum atomic E-state index is -1.10. The van der Waals surface area contributed by atoms with E-state index in [2.05, 4.69) is 6.92 Å². The minimum absolute atomic E-state index is 0.110. The lowest BCUT2D eigenvalue weighted by atomic mass is 10.0. The van der Waals surface area contributed by atoms with Crippen molar-refractivity contribution in [2.45, 2.75) is 13.3 Å². The summed E-state index contributed by atoms with van der Waals surface area (Å²) in [5.74, 6) is -0.699. The second-order valence-electron chi connectivity index (χ2n) is 5.90. The van der Waals surface area contributed by atoms with Crippen molar-refractivity contribution in [1.29, 1.82) is 0 Å². The Morgan fingerprint density at radius 1 is 0.885 bits per heavy atom. The Kier molecular flexibility index (Phi) is 5.49. The van der Waals surface area contributed by atoms with Gasteiger partial charge in [-0.05, 0) is 46.9 Å². The fourth-order valence-electron chi connectivity index (χ4n) is 2.61. The van der Waals surface area contributed by atoms with Gasteiger partial charge in [0.1, 0.15) is 5.75 Å². The Morgan fingerprint density at radius 3 is 2.08 bits per heavy atom. The first-order valence-electron chi connectivity index (χ1n) is 8.53. The number of carboxylic acids is 1. The molecular weight excluding hydrogens is 324 g/mol. The van der Waals surface area contributed by atoms with Crippen LogP contribution >= 0.6 is 0 Å². The van der Waals surface area contributed by atoms with Crippen LogP contribution < -0.4 is 4.74 Å². The molecule has 0 aliphatic heterocycles. The molecule has 0 fully saturated rings. The zero-order valence-corrected chi connectivity index (χ0v) is 14.6. The van der Waals surface area contributed by atoms with E-state index < -0.39 is 5.97 Å². The molecule has 0 bridgehead atoms. The number of aryl methyl sites for hydroxylation is 1. The number of hydrogen-bond acceptors (Lipinski definition) is 2. The first kappa shape index (κ1) is 17.5. The van der Waals surface area contributed by atoms with Crippen molar-refractivity contribution in [3.05, 3.63) is 95.7 Å². The topological polar surface area (TPSA) is 46.5 Å². The number of hydrogen-bond donors (Lipinski definition) is 1. The van der Waals surface area contributed by atoms with Crippen molar-refractivity contribution in [3.63, 3.8) is 0 Å². The lowest BCUT2D eigenvalue weighted by Crippen LogP contribution is -2.07. The van der Waals surface area contributed by atoms with Crippen molar-refractivity contribution in [2.24, 2.45) is 0 Å². The van der Waals surface area contributed by atoms with E-state index >= 15 is 0 Å². The molecule has 3 nitrogen and oxygen atoms in total. The summed E-state index contributed by atoms with van der Waals surface area (Å²) in [5.41, 5.74) is 4.14. The van der Waals surface area contributed by atoms with Crippen LogP contribution in [0.5, 0.6) is 5.75 Å². The Bertz CT molecular complexity index is 892. The number of rotatable bonds is 6.